The van der Waals surface area contributed by atoms with Crippen molar-refractivity contribution in [1.29, 1.82) is 0 Å². The molecular formula is C15H16N2O3. The van der Waals surface area contributed by atoms with E-state index in [1.165, 1.54) is 12.0 Å². The SMILES string of the molecule is Cc1ocnc1CN1Cc2ccccc2C[C@H]1C(=O)O. The maximum atomic E-state index is 11.5. The third kappa shape index (κ3) is 2.32. The van der Waals surface area contributed by atoms with Crippen molar-refractivity contribution >= 4 is 5.97 Å². The van der Waals surface area contributed by atoms with Crippen LogP contribution in [0.25, 0.3) is 0 Å². The molecule has 1 aliphatic heterocycles. The van der Waals surface area contributed by atoms with Crippen LogP contribution in [0.3, 0.4) is 0 Å². The summed E-state index contributed by atoms with van der Waals surface area (Å²) >= 11 is 0. The van der Waals surface area contributed by atoms with Crippen LogP contribution in [0.1, 0.15) is 22.6 Å². The molecule has 20 heavy (non-hydrogen) atoms. The molecule has 0 spiro atoms. The van der Waals surface area contributed by atoms with Gasteiger partial charge in [-0.2, -0.15) is 0 Å². The molecule has 0 radical (unpaired) electrons. The van der Waals surface area contributed by atoms with Crippen LogP contribution in [0.5, 0.6) is 0 Å². The largest absolute Gasteiger partial charge is 0.480 e. The summed E-state index contributed by atoms with van der Waals surface area (Å²) in [7, 11) is 0. The first-order chi connectivity index (χ1) is 9.65. The van der Waals surface area contributed by atoms with Crippen molar-refractivity contribution in [2.75, 3.05) is 0 Å². The van der Waals surface area contributed by atoms with Gasteiger partial charge in [-0.25, -0.2) is 4.98 Å². The number of benzene rings is 1. The predicted molar refractivity (Wildman–Crippen MR) is 72.1 cm³/mol. The average Bonchev–Trinajstić information content (AvgIpc) is 2.83. The minimum Gasteiger partial charge on any atom is -0.480 e. The number of aliphatic carboxylic acids is 1. The highest BCUT2D eigenvalue weighted by molar-refractivity contribution is 5.74. The maximum Gasteiger partial charge on any atom is 0.321 e. The Labute approximate surface area is 116 Å². The Morgan fingerprint density at radius 2 is 2.20 bits per heavy atom. The molecule has 0 aliphatic carbocycles. The van der Waals surface area contributed by atoms with Crippen molar-refractivity contribution in [3.05, 3.63) is 53.2 Å². The van der Waals surface area contributed by atoms with Gasteiger partial charge in [-0.1, -0.05) is 24.3 Å². The summed E-state index contributed by atoms with van der Waals surface area (Å²) in [5.74, 6) is -0.0475. The summed E-state index contributed by atoms with van der Waals surface area (Å²) in [5, 5.41) is 9.45. The summed E-state index contributed by atoms with van der Waals surface area (Å²) in [4.78, 5) is 17.6. The molecule has 2 heterocycles. The van der Waals surface area contributed by atoms with E-state index in [-0.39, 0.29) is 0 Å². The van der Waals surface area contributed by atoms with Gasteiger partial charge in [-0.05, 0) is 24.5 Å². The van der Waals surface area contributed by atoms with Crippen LogP contribution in [0.15, 0.2) is 35.1 Å². The van der Waals surface area contributed by atoms with E-state index in [9.17, 15) is 9.90 Å². The molecule has 0 bridgehead atoms. The molecule has 5 nitrogen and oxygen atoms in total. The first-order valence-electron chi connectivity index (χ1n) is 6.57. The minimum absolute atomic E-state index is 0.494. The second kappa shape index (κ2) is 5.09. The van der Waals surface area contributed by atoms with E-state index in [1.54, 1.807) is 0 Å². The quantitative estimate of drug-likeness (QED) is 0.925. The van der Waals surface area contributed by atoms with Gasteiger partial charge in [-0.15, -0.1) is 0 Å². The normalized spacial score (nSPS) is 18.8. The molecule has 0 fully saturated rings. The molecule has 0 saturated carbocycles. The van der Waals surface area contributed by atoms with Crippen molar-refractivity contribution in [2.24, 2.45) is 0 Å². The first kappa shape index (κ1) is 12.9. The number of oxazole rings is 1. The van der Waals surface area contributed by atoms with Crippen LogP contribution in [0.2, 0.25) is 0 Å². The third-order valence-corrected chi connectivity index (χ3v) is 3.83. The zero-order chi connectivity index (χ0) is 14.1. The summed E-state index contributed by atoms with van der Waals surface area (Å²) in [5.41, 5.74) is 3.11. The number of nitrogens with zero attached hydrogens (tertiary/aromatic N) is 2. The predicted octanol–water partition coefficient (Wildman–Crippen LogP) is 1.99. The standard InChI is InChI=1S/C15H16N2O3/c1-10-13(16-9-20-10)8-17-7-12-5-3-2-4-11(12)6-14(17)15(18)19/h2-5,9,14H,6-8H2,1H3,(H,18,19)/t14-/m0/s1. The van der Waals surface area contributed by atoms with Crippen LogP contribution in [-0.4, -0.2) is 27.0 Å². The highest BCUT2D eigenvalue weighted by atomic mass is 16.4. The van der Waals surface area contributed by atoms with Crippen LogP contribution in [0, 0.1) is 6.92 Å². The molecule has 1 aromatic carbocycles. The molecule has 1 atom stereocenters. The van der Waals surface area contributed by atoms with E-state index in [0.29, 0.717) is 19.5 Å². The average molecular weight is 272 g/mol. The van der Waals surface area contributed by atoms with E-state index < -0.39 is 12.0 Å². The van der Waals surface area contributed by atoms with Gasteiger partial charge in [0.05, 0.1) is 5.69 Å². The fraction of sp³-hybridized carbons (Fsp3) is 0.333. The van der Waals surface area contributed by atoms with E-state index >= 15 is 0 Å². The molecule has 0 amide bonds. The number of carboxylic acid groups (broad SMARTS) is 1. The Hall–Kier alpha value is -2.14. The zero-order valence-corrected chi connectivity index (χ0v) is 11.2. The van der Waals surface area contributed by atoms with Gasteiger partial charge in [-0.3, -0.25) is 9.69 Å². The lowest BCUT2D eigenvalue weighted by Gasteiger charge is -2.33. The van der Waals surface area contributed by atoms with E-state index in [4.69, 9.17) is 4.42 Å². The molecule has 0 saturated heterocycles. The van der Waals surface area contributed by atoms with E-state index in [2.05, 4.69) is 11.1 Å². The van der Waals surface area contributed by atoms with Gasteiger partial charge in [0.1, 0.15) is 11.8 Å². The molecule has 3 rings (SSSR count). The maximum absolute atomic E-state index is 11.5. The number of carbonyl (C=O) groups is 1. The highest BCUT2D eigenvalue weighted by Gasteiger charge is 2.31. The highest BCUT2D eigenvalue weighted by Crippen LogP contribution is 2.25. The fourth-order valence-corrected chi connectivity index (χ4v) is 2.66. The molecule has 1 N–H and O–H groups in total. The minimum atomic E-state index is -0.791. The zero-order valence-electron chi connectivity index (χ0n) is 11.2. The van der Waals surface area contributed by atoms with Crippen molar-refractivity contribution in [3.63, 3.8) is 0 Å². The van der Waals surface area contributed by atoms with Crippen LogP contribution >= 0.6 is 0 Å². The summed E-state index contributed by atoms with van der Waals surface area (Å²) < 4.78 is 5.19. The van der Waals surface area contributed by atoms with Gasteiger partial charge >= 0.3 is 5.97 Å². The number of aryl methyl sites for hydroxylation is 1. The molecule has 1 aliphatic rings. The molecular weight excluding hydrogens is 256 g/mol. The Morgan fingerprint density at radius 3 is 2.85 bits per heavy atom. The van der Waals surface area contributed by atoms with Crippen LogP contribution in [-0.2, 0) is 24.3 Å². The van der Waals surface area contributed by atoms with Gasteiger partial charge in [0.25, 0.3) is 0 Å². The fourth-order valence-electron chi connectivity index (χ4n) is 2.66. The smallest absolute Gasteiger partial charge is 0.321 e. The Balaban J connectivity index is 1.89. The summed E-state index contributed by atoms with van der Waals surface area (Å²) in [6.07, 6.45) is 1.93. The van der Waals surface area contributed by atoms with Gasteiger partial charge in [0, 0.05) is 13.1 Å². The topological polar surface area (TPSA) is 66.6 Å². The molecule has 5 heteroatoms. The number of fused-ring (bicyclic) bond motifs is 1. The Morgan fingerprint density at radius 1 is 1.45 bits per heavy atom. The molecule has 0 unspecified atom stereocenters. The Kier molecular flexibility index (Phi) is 3.28. The monoisotopic (exact) mass is 272 g/mol. The lowest BCUT2D eigenvalue weighted by Crippen LogP contribution is -2.45. The van der Waals surface area contributed by atoms with Crippen molar-refractivity contribution in [3.8, 4) is 0 Å². The van der Waals surface area contributed by atoms with Crippen molar-refractivity contribution in [1.82, 2.24) is 9.88 Å². The lowest BCUT2D eigenvalue weighted by molar-refractivity contribution is -0.144. The Bertz CT molecular complexity index is 636. The third-order valence-electron chi connectivity index (χ3n) is 3.83. The number of rotatable bonds is 3. The second-order valence-electron chi connectivity index (χ2n) is 5.09. The second-order valence-corrected chi connectivity index (χ2v) is 5.09. The van der Waals surface area contributed by atoms with Crippen molar-refractivity contribution in [2.45, 2.75) is 32.5 Å². The van der Waals surface area contributed by atoms with Gasteiger partial charge < -0.3 is 9.52 Å². The van der Waals surface area contributed by atoms with Crippen LogP contribution in [0.4, 0.5) is 0 Å². The molecule has 1 aromatic heterocycles. The number of aromatic nitrogens is 1. The number of carboxylic acids is 1. The van der Waals surface area contributed by atoms with Gasteiger partial charge in [0.2, 0.25) is 0 Å². The van der Waals surface area contributed by atoms with Crippen molar-refractivity contribution < 1.29 is 14.3 Å². The summed E-state index contributed by atoms with van der Waals surface area (Å²) in [6.45, 7) is 2.96. The number of hydrogen-bond acceptors (Lipinski definition) is 4. The first-order valence-corrected chi connectivity index (χ1v) is 6.57. The van der Waals surface area contributed by atoms with E-state index in [0.717, 1.165) is 17.0 Å². The van der Waals surface area contributed by atoms with Crippen LogP contribution < -0.4 is 0 Å². The van der Waals surface area contributed by atoms with Gasteiger partial charge in [0.15, 0.2) is 6.39 Å². The molecule has 2 aromatic rings. The number of hydrogen-bond donors (Lipinski definition) is 1. The molecule has 104 valence electrons. The lowest BCUT2D eigenvalue weighted by atomic mass is 9.94. The summed E-state index contributed by atoms with van der Waals surface area (Å²) in [6, 6.07) is 7.48. The van der Waals surface area contributed by atoms with E-state index in [1.807, 2.05) is 30.0 Å².